The van der Waals surface area contributed by atoms with Crippen LogP contribution < -0.4 is 10.2 Å². The summed E-state index contributed by atoms with van der Waals surface area (Å²) in [5.41, 5.74) is 4.40. The van der Waals surface area contributed by atoms with Gasteiger partial charge >= 0.3 is 0 Å². The molecule has 0 aliphatic carbocycles. The highest BCUT2D eigenvalue weighted by molar-refractivity contribution is 7.80. The highest BCUT2D eigenvalue weighted by Gasteiger charge is 2.41. The van der Waals surface area contributed by atoms with Gasteiger partial charge in [-0.25, -0.2) is 0 Å². The van der Waals surface area contributed by atoms with Crippen molar-refractivity contribution in [3.8, 4) is 0 Å². The van der Waals surface area contributed by atoms with Crippen LogP contribution in [0, 0.1) is 6.92 Å². The maximum absolute atomic E-state index is 5.66. The molecule has 5 heteroatoms. The summed E-state index contributed by atoms with van der Waals surface area (Å²) in [6.07, 6.45) is 3.76. The molecule has 2 N–H and O–H groups in total. The lowest BCUT2D eigenvalue weighted by molar-refractivity contribution is 0.558. The highest BCUT2D eigenvalue weighted by Crippen LogP contribution is 2.40. The number of aromatic amines is 1. The second kappa shape index (κ2) is 6.09. The molecule has 24 heavy (non-hydrogen) atoms. The molecule has 0 unspecified atom stereocenters. The van der Waals surface area contributed by atoms with Gasteiger partial charge < -0.3 is 15.2 Å². The molecule has 1 saturated heterocycles. The van der Waals surface area contributed by atoms with Crippen LogP contribution >= 0.6 is 12.2 Å². The van der Waals surface area contributed by atoms with Gasteiger partial charge in [0.05, 0.1) is 11.7 Å². The molecule has 2 atom stereocenters. The number of benzene rings is 1. The second-order valence-corrected chi connectivity index (χ2v) is 6.34. The zero-order valence-corrected chi connectivity index (χ0v) is 14.1. The minimum atomic E-state index is -0.00125. The van der Waals surface area contributed by atoms with Gasteiger partial charge in [-0.3, -0.25) is 4.98 Å². The molecule has 0 spiro atoms. The van der Waals surface area contributed by atoms with Gasteiger partial charge in [-0.2, -0.15) is 0 Å². The number of rotatable bonds is 3. The Hall–Kier alpha value is -2.66. The predicted molar refractivity (Wildman–Crippen MR) is 99.9 cm³/mol. The quantitative estimate of drug-likeness (QED) is 0.713. The van der Waals surface area contributed by atoms with E-state index in [1.165, 1.54) is 5.56 Å². The third-order valence-electron chi connectivity index (χ3n) is 4.35. The summed E-state index contributed by atoms with van der Waals surface area (Å²) in [5, 5.41) is 4.16. The van der Waals surface area contributed by atoms with E-state index >= 15 is 0 Å². The number of nitrogens with one attached hydrogen (secondary N) is 2. The number of thiocarbonyl (C=S) groups is 1. The number of nitrogens with zero attached hydrogens (tertiary/aromatic N) is 2. The Morgan fingerprint density at radius 1 is 1.04 bits per heavy atom. The van der Waals surface area contributed by atoms with E-state index < -0.39 is 0 Å². The van der Waals surface area contributed by atoms with E-state index in [0.29, 0.717) is 5.11 Å². The first-order chi connectivity index (χ1) is 11.7. The maximum Gasteiger partial charge on any atom is 0.174 e. The molecule has 4 rings (SSSR count). The fourth-order valence-electron chi connectivity index (χ4n) is 3.18. The summed E-state index contributed by atoms with van der Waals surface area (Å²) >= 11 is 5.66. The predicted octanol–water partition coefficient (Wildman–Crippen LogP) is 3.90. The van der Waals surface area contributed by atoms with Crippen molar-refractivity contribution in [1.29, 1.82) is 0 Å². The molecule has 0 radical (unpaired) electrons. The van der Waals surface area contributed by atoms with Crippen LogP contribution in [-0.4, -0.2) is 15.1 Å². The lowest BCUT2D eigenvalue weighted by Gasteiger charge is -2.27. The number of H-pyrrole nitrogens is 1. The molecule has 0 saturated carbocycles. The Morgan fingerprint density at radius 2 is 1.88 bits per heavy atom. The van der Waals surface area contributed by atoms with Crippen LogP contribution in [0.25, 0.3) is 0 Å². The minimum absolute atomic E-state index is 0.00125. The molecule has 1 aliphatic rings. The van der Waals surface area contributed by atoms with Crippen LogP contribution in [-0.2, 0) is 0 Å². The summed E-state index contributed by atoms with van der Waals surface area (Å²) < 4.78 is 0. The number of aryl methyl sites for hydroxylation is 1. The molecule has 4 nitrogen and oxygen atoms in total. The van der Waals surface area contributed by atoms with E-state index in [2.05, 4.69) is 57.4 Å². The van der Waals surface area contributed by atoms with Crippen molar-refractivity contribution >= 4 is 23.0 Å². The normalized spacial score (nSPS) is 20.2. The van der Waals surface area contributed by atoms with Crippen molar-refractivity contribution in [3.63, 3.8) is 0 Å². The van der Waals surface area contributed by atoms with E-state index in [4.69, 9.17) is 12.2 Å². The number of hydrogen-bond donors (Lipinski definition) is 2. The van der Waals surface area contributed by atoms with E-state index in [1.807, 2.05) is 36.7 Å². The summed E-state index contributed by atoms with van der Waals surface area (Å²) in [6.45, 7) is 2.09. The van der Waals surface area contributed by atoms with Gasteiger partial charge in [0.15, 0.2) is 5.11 Å². The number of hydrogen-bond acceptors (Lipinski definition) is 2. The van der Waals surface area contributed by atoms with Crippen molar-refractivity contribution in [2.45, 2.75) is 19.0 Å². The first-order valence-electron chi connectivity index (χ1n) is 7.94. The zero-order valence-electron chi connectivity index (χ0n) is 13.3. The average molecular weight is 334 g/mol. The van der Waals surface area contributed by atoms with Gasteiger partial charge in [-0.05, 0) is 55.5 Å². The summed E-state index contributed by atoms with van der Waals surface area (Å²) in [5.74, 6) is 0. The first kappa shape index (κ1) is 14.9. The average Bonchev–Trinajstić information content (AvgIpc) is 3.24. The maximum atomic E-state index is 5.66. The van der Waals surface area contributed by atoms with Crippen molar-refractivity contribution < 1.29 is 0 Å². The molecular formula is C19H18N4S. The number of pyridine rings is 1. The molecular weight excluding hydrogens is 316 g/mol. The largest absolute Gasteiger partial charge is 0.363 e. The van der Waals surface area contributed by atoms with Crippen LogP contribution in [0.2, 0.25) is 0 Å². The van der Waals surface area contributed by atoms with Gasteiger partial charge in [-0.1, -0.05) is 23.8 Å². The molecule has 2 aromatic heterocycles. The molecule has 1 fully saturated rings. The molecule has 1 aliphatic heterocycles. The molecule has 120 valence electrons. The van der Waals surface area contributed by atoms with Crippen LogP contribution in [0.4, 0.5) is 5.69 Å². The molecule has 1 aromatic carbocycles. The topological polar surface area (TPSA) is 44.0 Å². The van der Waals surface area contributed by atoms with Crippen molar-refractivity contribution in [1.82, 2.24) is 15.3 Å². The van der Waals surface area contributed by atoms with Gasteiger partial charge in [0, 0.05) is 23.8 Å². The fourth-order valence-corrected chi connectivity index (χ4v) is 3.53. The number of aromatic nitrogens is 2. The Bertz CT molecular complexity index is 828. The monoisotopic (exact) mass is 334 g/mol. The summed E-state index contributed by atoms with van der Waals surface area (Å²) in [4.78, 5) is 10.0. The van der Waals surface area contributed by atoms with E-state index in [0.717, 1.165) is 17.1 Å². The van der Waals surface area contributed by atoms with Gasteiger partial charge in [0.2, 0.25) is 0 Å². The smallest absolute Gasteiger partial charge is 0.174 e. The summed E-state index contributed by atoms with van der Waals surface area (Å²) in [7, 11) is 0. The Balaban J connectivity index is 1.80. The first-order valence-corrected chi connectivity index (χ1v) is 8.35. The van der Waals surface area contributed by atoms with Crippen molar-refractivity contribution in [2.75, 3.05) is 4.90 Å². The van der Waals surface area contributed by atoms with E-state index in [-0.39, 0.29) is 12.1 Å². The lowest BCUT2D eigenvalue weighted by atomic mass is 10.0. The minimum Gasteiger partial charge on any atom is -0.363 e. The van der Waals surface area contributed by atoms with Crippen LogP contribution in [0.1, 0.15) is 29.0 Å². The Labute approximate surface area is 146 Å². The van der Waals surface area contributed by atoms with Crippen LogP contribution in [0.5, 0.6) is 0 Å². The zero-order chi connectivity index (χ0) is 16.5. The molecule has 3 aromatic rings. The highest BCUT2D eigenvalue weighted by atomic mass is 32.1. The lowest BCUT2D eigenvalue weighted by Crippen LogP contribution is -2.29. The standard InChI is InChI=1S/C19H18N4S/c1-13-7-9-14(10-8-13)23-18(16-6-4-12-21-16)17(22-19(23)24)15-5-2-3-11-20-15/h2-12,17-18,21H,1H3,(H,22,24)/t17-,18-/m0/s1. The van der Waals surface area contributed by atoms with Crippen LogP contribution in [0.3, 0.4) is 0 Å². The van der Waals surface area contributed by atoms with E-state index in [9.17, 15) is 0 Å². The van der Waals surface area contributed by atoms with Crippen LogP contribution in [0.15, 0.2) is 67.0 Å². The summed E-state index contributed by atoms with van der Waals surface area (Å²) in [6, 6.07) is 18.6. The van der Waals surface area contributed by atoms with Crippen molar-refractivity contribution in [2.24, 2.45) is 0 Å². The SMILES string of the molecule is Cc1ccc(N2C(=S)N[C@@H](c3ccccn3)[C@@H]2c2ccc[nH]2)cc1. The van der Waals surface area contributed by atoms with Gasteiger partial charge in [0.25, 0.3) is 0 Å². The molecule has 0 bridgehead atoms. The molecule has 3 heterocycles. The van der Waals surface area contributed by atoms with Gasteiger partial charge in [-0.15, -0.1) is 0 Å². The Morgan fingerprint density at radius 3 is 2.54 bits per heavy atom. The van der Waals surface area contributed by atoms with E-state index in [1.54, 1.807) is 0 Å². The third kappa shape index (κ3) is 2.57. The number of anilines is 1. The fraction of sp³-hybridized carbons (Fsp3) is 0.158. The third-order valence-corrected chi connectivity index (χ3v) is 4.67. The van der Waals surface area contributed by atoms with Crippen molar-refractivity contribution in [3.05, 3.63) is 83.9 Å². The second-order valence-electron chi connectivity index (χ2n) is 5.96. The molecule has 0 amide bonds. The van der Waals surface area contributed by atoms with Gasteiger partial charge in [0.1, 0.15) is 6.04 Å². The Kier molecular flexibility index (Phi) is 3.78.